The summed E-state index contributed by atoms with van der Waals surface area (Å²) in [5.41, 5.74) is 0.324. The number of nitrogens with zero attached hydrogens (tertiary/aromatic N) is 4. The predicted molar refractivity (Wildman–Crippen MR) is 106 cm³/mol. The van der Waals surface area contributed by atoms with Gasteiger partial charge in [0.1, 0.15) is 11.3 Å². The molecule has 7 heteroatoms. The van der Waals surface area contributed by atoms with Gasteiger partial charge in [-0.05, 0) is 32.3 Å². The van der Waals surface area contributed by atoms with Crippen LogP contribution in [0.3, 0.4) is 0 Å². The van der Waals surface area contributed by atoms with Crippen LogP contribution in [0.25, 0.3) is 11.0 Å². The summed E-state index contributed by atoms with van der Waals surface area (Å²) in [4.78, 5) is 40.4. The van der Waals surface area contributed by atoms with Crippen molar-refractivity contribution in [2.45, 2.75) is 65.0 Å². The lowest BCUT2D eigenvalue weighted by Gasteiger charge is -2.33. The summed E-state index contributed by atoms with van der Waals surface area (Å²) in [6.07, 6.45) is 6.42. The molecule has 0 aliphatic heterocycles. The summed E-state index contributed by atoms with van der Waals surface area (Å²) in [6.45, 7) is 5.27. The zero-order valence-electron chi connectivity index (χ0n) is 16.8. The third kappa shape index (κ3) is 3.24. The lowest BCUT2D eigenvalue weighted by molar-refractivity contribution is 0.0637. The fourth-order valence-electron chi connectivity index (χ4n) is 4.38. The summed E-state index contributed by atoms with van der Waals surface area (Å²) >= 11 is 0. The minimum atomic E-state index is -0.374. The van der Waals surface area contributed by atoms with Gasteiger partial charge < -0.3 is 9.47 Å². The molecule has 0 N–H and O–H groups in total. The van der Waals surface area contributed by atoms with Gasteiger partial charge in [0, 0.05) is 33.2 Å². The van der Waals surface area contributed by atoms with Crippen LogP contribution in [-0.2, 0) is 20.6 Å². The molecule has 0 spiro atoms. The highest BCUT2D eigenvalue weighted by Crippen LogP contribution is 2.25. The van der Waals surface area contributed by atoms with E-state index in [1.165, 1.54) is 18.0 Å². The Morgan fingerprint density at radius 1 is 1.11 bits per heavy atom. The quantitative estimate of drug-likeness (QED) is 0.806. The van der Waals surface area contributed by atoms with Crippen LogP contribution < -0.4 is 11.2 Å². The van der Waals surface area contributed by atoms with Gasteiger partial charge in [-0.25, -0.2) is 4.79 Å². The molecule has 1 fully saturated rings. The number of hydrogen-bond acceptors (Lipinski definition) is 3. The number of fused-ring (bicyclic) bond motifs is 1. The molecule has 148 valence electrons. The lowest BCUT2D eigenvalue weighted by atomic mass is 9.94. The van der Waals surface area contributed by atoms with Crippen molar-refractivity contribution in [1.29, 1.82) is 0 Å². The van der Waals surface area contributed by atoms with Crippen molar-refractivity contribution in [1.82, 2.24) is 18.6 Å². The Kier molecular flexibility index (Phi) is 5.58. The molecule has 3 rings (SSSR count). The van der Waals surface area contributed by atoms with E-state index in [2.05, 4.69) is 0 Å². The molecule has 0 unspecified atom stereocenters. The highest BCUT2D eigenvalue weighted by Gasteiger charge is 2.28. The van der Waals surface area contributed by atoms with E-state index in [9.17, 15) is 14.4 Å². The topological polar surface area (TPSA) is 69.2 Å². The summed E-state index contributed by atoms with van der Waals surface area (Å²) in [5, 5.41) is 0.427. The fourth-order valence-corrected chi connectivity index (χ4v) is 4.38. The minimum absolute atomic E-state index is 0.0384. The number of hydrogen-bond donors (Lipinski definition) is 0. The molecule has 1 amide bonds. The third-order valence-corrected chi connectivity index (χ3v) is 5.78. The summed E-state index contributed by atoms with van der Waals surface area (Å²) in [6, 6.07) is 1.94. The van der Waals surface area contributed by atoms with Crippen LogP contribution >= 0.6 is 0 Å². The van der Waals surface area contributed by atoms with Crippen molar-refractivity contribution < 1.29 is 4.79 Å². The highest BCUT2D eigenvalue weighted by atomic mass is 16.2. The number of aromatic nitrogens is 3. The summed E-state index contributed by atoms with van der Waals surface area (Å²) in [5.74, 6) is -0.0384. The van der Waals surface area contributed by atoms with Crippen LogP contribution in [0.4, 0.5) is 0 Å². The molecule has 2 aromatic heterocycles. The average molecular weight is 374 g/mol. The Morgan fingerprint density at radius 2 is 1.78 bits per heavy atom. The number of aryl methyl sites for hydroxylation is 2. The standard InChI is InChI=1S/C20H30N4O3/c1-5-12-24-16(19(26)23(6-2)14-10-8-7-9-11-14)13-15-17(24)21(3)20(27)22(4)18(15)25/h13-14H,5-12H2,1-4H3. The average Bonchev–Trinajstić information content (AvgIpc) is 3.06. The molecule has 2 heterocycles. The Bertz CT molecular complexity index is 960. The van der Waals surface area contributed by atoms with E-state index in [1.807, 2.05) is 23.3 Å². The van der Waals surface area contributed by atoms with Crippen molar-refractivity contribution in [3.05, 3.63) is 32.6 Å². The van der Waals surface area contributed by atoms with E-state index >= 15 is 0 Å². The molecule has 0 radical (unpaired) electrons. The van der Waals surface area contributed by atoms with Gasteiger partial charge in [-0.2, -0.15) is 0 Å². The normalized spacial score (nSPS) is 15.4. The van der Waals surface area contributed by atoms with E-state index in [1.54, 1.807) is 13.1 Å². The van der Waals surface area contributed by atoms with Crippen molar-refractivity contribution in [3.63, 3.8) is 0 Å². The molecular formula is C20H30N4O3. The molecule has 1 aliphatic carbocycles. The zero-order valence-corrected chi connectivity index (χ0v) is 16.8. The monoisotopic (exact) mass is 374 g/mol. The molecular weight excluding hydrogens is 344 g/mol. The van der Waals surface area contributed by atoms with Gasteiger partial charge in [-0.3, -0.25) is 18.7 Å². The molecule has 7 nitrogen and oxygen atoms in total. The van der Waals surface area contributed by atoms with Crippen LogP contribution in [0.5, 0.6) is 0 Å². The first-order chi connectivity index (χ1) is 12.9. The zero-order chi connectivity index (χ0) is 19.7. The van der Waals surface area contributed by atoms with E-state index in [0.29, 0.717) is 29.8 Å². The third-order valence-electron chi connectivity index (χ3n) is 5.78. The van der Waals surface area contributed by atoms with Crippen molar-refractivity contribution in [2.75, 3.05) is 6.54 Å². The lowest BCUT2D eigenvalue weighted by Crippen LogP contribution is -2.42. The van der Waals surface area contributed by atoms with Crippen LogP contribution in [0, 0.1) is 0 Å². The maximum atomic E-state index is 13.4. The molecule has 0 aromatic carbocycles. The Labute approximate surface area is 159 Å². The van der Waals surface area contributed by atoms with Gasteiger partial charge in [-0.1, -0.05) is 26.2 Å². The maximum absolute atomic E-state index is 13.4. The van der Waals surface area contributed by atoms with Crippen LogP contribution in [0.2, 0.25) is 0 Å². The first kappa shape index (κ1) is 19.5. The predicted octanol–water partition coefficient (Wildman–Crippen LogP) is 2.24. The van der Waals surface area contributed by atoms with E-state index in [0.717, 1.165) is 36.7 Å². The van der Waals surface area contributed by atoms with Crippen LogP contribution in [0.15, 0.2) is 15.7 Å². The molecule has 2 aromatic rings. The maximum Gasteiger partial charge on any atom is 0.332 e. The van der Waals surface area contributed by atoms with Crippen LogP contribution in [0.1, 0.15) is 62.9 Å². The fraction of sp³-hybridized carbons (Fsp3) is 0.650. The van der Waals surface area contributed by atoms with Gasteiger partial charge in [0.15, 0.2) is 0 Å². The largest absolute Gasteiger partial charge is 0.335 e. The molecule has 1 aliphatic rings. The molecule has 27 heavy (non-hydrogen) atoms. The van der Waals surface area contributed by atoms with E-state index < -0.39 is 0 Å². The summed E-state index contributed by atoms with van der Waals surface area (Å²) in [7, 11) is 3.13. The van der Waals surface area contributed by atoms with Crippen molar-refractivity contribution in [3.8, 4) is 0 Å². The molecule has 0 saturated heterocycles. The van der Waals surface area contributed by atoms with Gasteiger partial charge in [0.2, 0.25) is 0 Å². The van der Waals surface area contributed by atoms with Gasteiger partial charge >= 0.3 is 5.69 Å². The summed E-state index contributed by atoms with van der Waals surface area (Å²) < 4.78 is 4.43. The van der Waals surface area contributed by atoms with Crippen LogP contribution in [-0.4, -0.2) is 37.1 Å². The number of rotatable bonds is 5. The highest BCUT2D eigenvalue weighted by molar-refractivity contribution is 5.98. The number of carbonyl (C=O) groups is 1. The van der Waals surface area contributed by atoms with Gasteiger partial charge in [-0.15, -0.1) is 0 Å². The molecule has 0 atom stereocenters. The Balaban J connectivity index is 2.18. The van der Waals surface area contributed by atoms with E-state index in [4.69, 9.17) is 0 Å². The SMILES string of the molecule is CCCn1c(C(=O)N(CC)C2CCCCC2)cc2c(=O)n(C)c(=O)n(C)c21. The van der Waals surface area contributed by atoms with Gasteiger partial charge in [0.25, 0.3) is 11.5 Å². The smallest absolute Gasteiger partial charge is 0.332 e. The Hall–Kier alpha value is -2.31. The van der Waals surface area contributed by atoms with Crippen molar-refractivity contribution in [2.24, 2.45) is 14.1 Å². The first-order valence-corrected chi connectivity index (χ1v) is 10.0. The number of amides is 1. The Morgan fingerprint density at radius 3 is 2.37 bits per heavy atom. The van der Waals surface area contributed by atoms with E-state index in [-0.39, 0.29) is 23.2 Å². The minimum Gasteiger partial charge on any atom is -0.335 e. The second-order valence-electron chi connectivity index (χ2n) is 7.51. The van der Waals surface area contributed by atoms with Gasteiger partial charge in [0.05, 0.1) is 5.39 Å². The second-order valence-corrected chi connectivity index (χ2v) is 7.51. The molecule has 0 bridgehead atoms. The number of carbonyl (C=O) groups excluding carboxylic acids is 1. The first-order valence-electron chi connectivity index (χ1n) is 10.0. The second kappa shape index (κ2) is 7.74. The van der Waals surface area contributed by atoms with Crippen molar-refractivity contribution >= 4 is 16.9 Å². The molecule has 1 saturated carbocycles.